The van der Waals surface area contributed by atoms with Crippen LogP contribution in [-0.4, -0.2) is 22.5 Å². The van der Waals surface area contributed by atoms with E-state index in [1.165, 1.54) is 50.8 Å². The molecular weight excluding hydrogens is 230 g/mol. The zero-order chi connectivity index (χ0) is 11.7. The van der Waals surface area contributed by atoms with Crippen molar-refractivity contribution in [3.05, 3.63) is 11.1 Å². The third-order valence-corrected chi connectivity index (χ3v) is 5.02. The van der Waals surface area contributed by atoms with Gasteiger partial charge in [0.25, 0.3) is 0 Å². The number of hydrogen-bond donors (Lipinski definition) is 1. The lowest BCUT2D eigenvalue weighted by Gasteiger charge is -2.43. The summed E-state index contributed by atoms with van der Waals surface area (Å²) in [6.45, 7) is 2.26. The monoisotopic (exact) mass is 251 g/mol. The molecule has 1 aliphatic carbocycles. The van der Waals surface area contributed by atoms with Crippen LogP contribution in [0.15, 0.2) is 5.38 Å². The van der Waals surface area contributed by atoms with Gasteiger partial charge in [0.15, 0.2) is 5.13 Å². The van der Waals surface area contributed by atoms with Crippen molar-refractivity contribution in [1.82, 2.24) is 9.88 Å². The summed E-state index contributed by atoms with van der Waals surface area (Å²) in [4.78, 5) is 7.05. The third kappa shape index (κ3) is 2.47. The molecule has 94 valence electrons. The molecule has 0 unspecified atom stereocenters. The van der Waals surface area contributed by atoms with Crippen molar-refractivity contribution in [2.45, 2.75) is 51.1 Å². The Morgan fingerprint density at radius 2 is 2.12 bits per heavy atom. The van der Waals surface area contributed by atoms with Gasteiger partial charge in [-0.25, -0.2) is 4.98 Å². The van der Waals surface area contributed by atoms with E-state index in [4.69, 9.17) is 5.73 Å². The van der Waals surface area contributed by atoms with Crippen molar-refractivity contribution in [3.63, 3.8) is 0 Å². The Kier molecular flexibility index (Phi) is 3.34. The van der Waals surface area contributed by atoms with Crippen LogP contribution in [0.25, 0.3) is 0 Å². The van der Waals surface area contributed by atoms with E-state index in [-0.39, 0.29) is 0 Å². The van der Waals surface area contributed by atoms with Gasteiger partial charge in [-0.2, -0.15) is 0 Å². The first-order chi connectivity index (χ1) is 8.33. The summed E-state index contributed by atoms with van der Waals surface area (Å²) in [7, 11) is 0. The second kappa shape index (κ2) is 4.94. The molecule has 0 amide bonds. The molecule has 2 heterocycles. The van der Waals surface area contributed by atoms with Crippen molar-refractivity contribution in [3.8, 4) is 0 Å². The number of anilines is 1. The first kappa shape index (κ1) is 11.5. The molecule has 4 heteroatoms. The summed E-state index contributed by atoms with van der Waals surface area (Å²) in [6.07, 6.45) is 8.50. The van der Waals surface area contributed by atoms with Gasteiger partial charge in [-0.3, -0.25) is 4.90 Å². The van der Waals surface area contributed by atoms with E-state index >= 15 is 0 Å². The SMILES string of the molecule is Nc1nc(CN2CCC[C@H]3CCCC[C@H]32)cs1. The zero-order valence-electron chi connectivity index (χ0n) is 10.3. The van der Waals surface area contributed by atoms with Crippen molar-refractivity contribution in [2.75, 3.05) is 12.3 Å². The molecule has 2 atom stereocenters. The van der Waals surface area contributed by atoms with Crippen LogP contribution in [0, 0.1) is 5.92 Å². The summed E-state index contributed by atoms with van der Waals surface area (Å²) in [5.41, 5.74) is 6.87. The van der Waals surface area contributed by atoms with E-state index < -0.39 is 0 Å². The lowest BCUT2D eigenvalue weighted by molar-refractivity contribution is 0.0539. The lowest BCUT2D eigenvalue weighted by atomic mass is 9.78. The van der Waals surface area contributed by atoms with E-state index in [1.807, 2.05) is 0 Å². The molecule has 2 N–H and O–H groups in total. The molecule has 1 aromatic rings. The highest BCUT2D eigenvalue weighted by Gasteiger charge is 2.33. The first-order valence-corrected chi connectivity index (χ1v) is 7.65. The van der Waals surface area contributed by atoms with Gasteiger partial charge in [0.05, 0.1) is 5.69 Å². The maximum atomic E-state index is 5.70. The Hall–Kier alpha value is -0.610. The van der Waals surface area contributed by atoms with Crippen LogP contribution < -0.4 is 5.73 Å². The van der Waals surface area contributed by atoms with E-state index in [1.54, 1.807) is 11.3 Å². The number of nitrogens with zero attached hydrogens (tertiary/aromatic N) is 2. The van der Waals surface area contributed by atoms with Gasteiger partial charge >= 0.3 is 0 Å². The number of rotatable bonds is 2. The second-order valence-electron chi connectivity index (χ2n) is 5.40. The molecule has 0 radical (unpaired) electrons. The third-order valence-electron chi connectivity index (χ3n) is 4.29. The average Bonchev–Trinajstić information content (AvgIpc) is 2.75. The predicted molar refractivity (Wildman–Crippen MR) is 71.9 cm³/mol. The number of aromatic nitrogens is 1. The summed E-state index contributed by atoms with van der Waals surface area (Å²) in [5.74, 6) is 0.952. The lowest BCUT2D eigenvalue weighted by Crippen LogP contribution is -2.46. The van der Waals surface area contributed by atoms with Gasteiger partial charge in [0.2, 0.25) is 0 Å². The summed E-state index contributed by atoms with van der Waals surface area (Å²) >= 11 is 1.56. The van der Waals surface area contributed by atoms with Gasteiger partial charge < -0.3 is 5.73 Å². The maximum absolute atomic E-state index is 5.70. The molecule has 3 rings (SSSR count). The smallest absolute Gasteiger partial charge is 0.180 e. The minimum Gasteiger partial charge on any atom is -0.375 e. The molecule has 0 spiro atoms. The van der Waals surface area contributed by atoms with Crippen molar-refractivity contribution in [2.24, 2.45) is 5.92 Å². The Balaban J connectivity index is 1.68. The van der Waals surface area contributed by atoms with Gasteiger partial charge in [0, 0.05) is 18.0 Å². The van der Waals surface area contributed by atoms with Crippen LogP contribution in [0.1, 0.15) is 44.2 Å². The number of thiazole rings is 1. The fraction of sp³-hybridized carbons (Fsp3) is 0.769. The molecular formula is C13H21N3S. The Bertz CT molecular complexity index is 374. The Morgan fingerprint density at radius 3 is 2.94 bits per heavy atom. The molecule has 3 nitrogen and oxygen atoms in total. The van der Waals surface area contributed by atoms with Gasteiger partial charge in [-0.1, -0.05) is 12.8 Å². The van der Waals surface area contributed by atoms with Crippen LogP contribution in [-0.2, 0) is 6.54 Å². The van der Waals surface area contributed by atoms with Crippen LogP contribution >= 0.6 is 11.3 Å². The number of hydrogen-bond acceptors (Lipinski definition) is 4. The minimum atomic E-state index is 0.706. The van der Waals surface area contributed by atoms with Crippen LogP contribution in [0.5, 0.6) is 0 Å². The van der Waals surface area contributed by atoms with Crippen LogP contribution in [0.4, 0.5) is 5.13 Å². The Labute approximate surface area is 107 Å². The highest BCUT2D eigenvalue weighted by atomic mass is 32.1. The van der Waals surface area contributed by atoms with E-state index in [2.05, 4.69) is 15.3 Å². The molecule has 1 saturated carbocycles. The highest BCUT2D eigenvalue weighted by molar-refractivity contribution is 7.13. The normalized spacial score (nSPS) is 30.1. The zero-order valence-corrected chi connectivity index (χ0v) is 11.1. The second-order valence-corrected chi connectivity index (χ2v) is 6.29. The molecule has 0 bridgehead atoms. The van der Waals surface area contributed by atoms with Crippen molar-refractivity contribution in [1.29, 1.82) is 0 Å². The topological polar surface area (TPSA) is 42.1 Å². The molecule has 17 heavy (non-hydrogen) atoms. The number of likely N-dealkylation sites (tertiary alicyclic amines) is 1. The van der Waals surface area contributed by atoms with Gasteiger partial charge in [0.1, 0.15) is 0 Å². The van der Waals surface area contributed by atoms with E-state index in [9.17, 15) is 0 Å². The van der Waals surface area contributed by atoms with Crippen LogP contribution in [0.2, 0.25) is 0 Å². The van der Waals surface area contributed by atoms with Gasteiger partial charge in [-0.15, -0.1) is 11.3 Å². The molecule has 0 aromatic carbocycles. The highest BCUT2D eigenvalue weighted by Crippen LogP contribution is 2.35. The summed E-state index contributed by atoms with van der Waals surface area (Å²) in [5, 5.41) is 2.82. The summed E-state index contributed by atoms with van der Waals surface area (Å²) < 4.78 is 0. The fourth-order valence-corrected chi connectivity index (χ4v) is 4.08. The molecule has 1 aliphatic heterocycles. The number of piperidine rings is 1. The van der Waals surface area contributed by atoms with Crippen LogP contribution in [0.3, 0.4) is 0 Å². The van der Waals surface area contributed by atoms with Crippen molar-refractivity contribution < 1.29 is 0 Å². The predicted octanol–water partition coefficient (Wildman–Crippen LogP) is 2.88. The summed E-state index contributed by atoms with van der Waals surface area (Å²) in [6, 6.07) is 0.820. The van der Waals surface area contributed by atoms with E-state index in [0.717, 1.165) is 18.5 Å². The standard InChI is InChI=1S/C13H21N3S/c14-13-15-11(9-17-13)8-16-7-3-5-10-4-1-2-6-12(10)16/h9-10,12H,1-8H2,(H2,14,15)/t10-,12-/m1/s1. The van der Waals surface area contributed by atoms with Crippen molar-refractivity contribution >= 4 is 16.5 Å². The number of nitrogen functional groups attached to an aromatic ring is 1. The number of nitrogens with two attached hydrogens (primary N) is 1. The molecule has 2 fully saturated rings. The maximum Gasteiger partial charge on any atom is 0.180 e. The average molecular weight is 251 g/mol. The Morgan fingerprint density at radius 1 is 1.29 bits per heavy atom. The first-order valence-electron chi connectivity index (χ1n) is 6.77. The molecule has 2 aliphatic rings. The van der Waals surface area contributed by atoms with Gasteiger partial charge in [-0.05, 0) is 38.1 Å². The molecule has 1 aromatic heterocycles. The van der Waals surface area contributed by atoms with E-state index in [0.29, 0.717) is 5.13 Å². The quantitative estimate of drug-likeness (QED) is 0.879. The largest absolute Gasteiger partial charge is 0.375 e. The number of fused-ring (bicyclic) bond motifs is 1. The molecule has 1 saturated heterocycles. The fourth-order valence-electron chi connectivity index (χ4n) is 3.53. The minimum absolute atomic E-state index is 0.706.